The van der Waals surface area contributed by atoms with Crippen molar-refractivity contribution in [2.24, 2.45) is 0 Å². The summed E-state index contributed by atoms with van der Waals surface area (Å²) in [6.07, 6.45) is -2.87. The molecule has 0 saturated heterocycles. The zero-order valence-corrected chi connectivity index (χ0v) is 19.9. The highest BCUT2D eigenvalue weighted by Gasteiger charge is 2.30. The molecule has 0 aliphatic rings. The molecule has 4 aromatic rings. The Morgan fingerprint density at radius 1 is 0.971 bits per heavy atom. The Morgan fingerprint density at radius 3 is 2.34 bits per heavy atom. The second-order valence-electron chi connectivity index (χ2n) is 9.47. The normalized spacial score (nSPS) is 12.1. The third kappa shape index (κ3) is 5.62. The molecular formula is C26H26F3N5O. The lowest BCUT2D eigenvalue weighted by molar-refractivity contribution is -0.137. The Morgan fingerprint density at radius 2 is 1.69 bits per heavy atom. The predicted molar refractivity (Wildman–Crippen MR) is 130 cm³/mol. The molecule has 9 heteroatoms. The molecule has 0 bridgehead atoms. The number of anilines is 2. The zero-order valence-electron chi connectivity index (χ0n) is 19.9. The number of nitrogens with zero attached hydrogens (tertiary/aromatic N) is 3. The highest BCUT2D eigenvalue weighted by molar-refractivity contribution is 6.04. The summed E-state index contributed by atoms with van der Waals surface area (Å²) >= 11 is 0. The van der Waals surface area contributed by atoms with E-state index in [1.54, 1.807) is 43.5 Å². The summed E-state index contributed by atoms with van der Waals surface area (Å²) in [5.41, 5.74) is 2.35. The zero-order chi connectivity index (χ0) is 25.4. The van der Waals surface area contributed by atoms with Gasteiger partial charge < -0.3 is 10.6 Å². The molecule has 4 rings (SSSR count). The third-order valence-corrected chi connectivity index (χ3v) is 5.55. The molecule has 2 aromatic heterocycles. The standard InChI is InChI=1S/C26H26F3N5O/c1-16-11-17(13-20(12-16)26(27,28)29)15-30-23-14-21(32-22-9-10-31-34(22)23)33-24(35)18-5-7-19(8-6-18)25(2,3)4/h5-14,30H,15H2,1-4H3,(H,32,33,35). The topological polar surface area (TPSA) is 71.3 Å². The summed E-state index contributed by atoms with van der Waals surface area (Å²) in [5, 5.41) is 10.1. The van der Waals surface area contributed by atoms with Crippen LogP contribution in [0.2, 0.25) is 0 Å². The van der Waals surface area contributed by atoms with Crippen molar-refractivity contribution in [2.45, 2.75) is 45.8 Å². The van der Waals surface area contributed by atoms with E-state index < -0.39 is 11.7 Å². The van der Waals surface area contributed by atoms with Gasteiger partial charge in [0.2, 0.25) is 0 Å². The van der Waals surface area contributed by atoms with Crippen LogP contribution in [0.1, 0.15) is 53.4 Å². The third-order valence-electron chi connectivity index (χ3n) is 5.55. The fraction of sp³-hybridized carbons (Fsp3) is 0.269. The summed E-state index contributed by atoms with van der Waals surface area (Å²) in [6, 6.07) is 14.6. The first kappa shape index (κ1) is 24.3. The van der Waals surface area contributed by atoms with Crippen molar-refractivity contribution in [3.63, 3.8) is 0 Å². The van der Waals surface area contributed by atoms with Crippen molar-refractivity contribution in [1.29, 1.82) is 0 Å². The van der Waals surface area contributed by atoms with E-state index in [-0.39, 0.29) is 17.9 Å². The summed E-state index contributed by atoms with van der Waals surface area (Å²) in [5.74, 6) is 0.459. The number of nitrogens with one attached hydrogen (secondary N) is 2. The lowest BCUT2D eigenvalue weighted by Gasteiger charge is -2.19. The number of carbonyl (C=O) groups excluding carboxylic acids is 1. The van der Waals surface area contributed by atoms with Crippen LogP contribution >= 0.6 is 0 Å². The first-order valence-electron chi connectivity index (χ1n) is 11.1. The quantitative estimate of drug-likeness (QED) is 0.355. The monoisotopic (exact) mass is 481 g/mol. The number of rotatable bonds is 5. The van der Waals surface area contributed by atoms with Gasteiger partial charge in [-0.2, -0.15) is 22.8 Å². The largest absolute Gasteiger partial charge is 0.416 e. The number of fused-ring (bicyclic) bond motifs is 1. The fourth-order valence-corrected chi connectivity index (χ4v) is 3.73. The molecule has 0 radical (unpaired) electrons. The van der Waals surface area contributed by atoms with Gasteiger partial charge in [-0.3, -0.25) is 4.79 Å². The molecule has 2 heterocycles. The van der Waals surface area contributed by atoms with Crippen LogP contribution in [0.15, 0.2) is 60.8 Å². The second-order valence-corrected chi connectivity index (χ2v) is 9.47. The lowest BCUT2D eigenvalue weighted by atomic mass is 9.87. The SMILES string of the molecule is Cc1cc(CNc2cc(NC(=O)c3ccc(C(C)(C)C)cc3)nc3ccnn23)cc(C(F)(F)F)c1. The lowest BCUT2D eigenvalue weighted by Crippen LogP contribution is -2.16. The molecular weight excluding hydrogens is 455 g/mol. The maximum atomic E-state index is 13.2. The molecule has 6 nitrogen and oxygen atoms in total. The van der Waals surface area contributed by atoms with Crippen LogP contribution in [0, 0.1) is 6.92 Å². The molecule has 1 amide bonds. The molecule has 0 fully saturated rings. The molecule has 35 heavy (non-hydrogen) atoms. The van der Waals surface area contributed by atoms with Gasteiger partial charge in [-0.25, -0.2) is 4.98 Å². The fourth-order valence-electron chi connectivity index (χ4n) is 3.73. The van der Waals surface area contributed by atoms with E-state index in [4.69, 9.17) is 0 Å². The van der Waals surface area contributed by atoms with Crippen LogP contribution in [0.5, 0.6) is 0 Å². The Bertz CT molecular complexity index is 1370. The highest BCUT2D eigenvalue weighted by atomic mass is 19.4. The number of benzene rings is 2. The van der Waals surface area contributed by atoms with E-state index in [1.807, 2.05) is 12.1 Å². The number of aryl methyl sites for hydroxylation is 1. The number of hydrogen-bond donors (Lipinski definition) is 2. The van der Waals surface area contributed by atoms with Crippen molar-refractivity contribution in [2.75, 3.05) is 10.6 Å². The van der Waals surface area contributed by atoms with E-state index in [1.165, 1.54) is 4.52 Å². The van der Waals surface area contributed by atoms with Gasteiger partial charge in [0.05, 0.1) is 11.8 Å². The van der Waals surface area contributed by atoms with Gasteiger partial charge in [0.25, 0.3) is 5.91 Å². The predicted octanol–water partition coefficient (Wildman–Crippen LogP) is 6.22. The van der Waals surface area contributed by atoms with Gasteiger partial charge in [-0.05, 0) is 47.7 Å². The van der Waals surface area contributed by atoms with Crippen LogP contribution in [0.4, 0.5) is 24.8 Å². The molecule has 2 N–H and O–H groups in total. The van der Waals surface area contributed by atoms with Gasteiger partial charge in [0.1, 0.15) is 11.6 Å². The van der Waals surface area contributed by atoms with Crippen molar-refractivity contribution < 1.29 is 18.0 Å². The van der Waals surface area contributed by atoms with Crippen molar-refractivity contribution in [3.8, 4) is 0 Å². The maximum absolute atomic E-state index is 13.2. The van der Waals surface area contributed by atoms with E-state index in [0.29, 0.717) is 34.0 Å². The number of halogens is 3. The molecule has 2 aromatic carbocycles. The Balaban J connectivity index is 1.56. The van der Waals surface area contributed by atoms with E-state index in [9.17, 15) is 18.0 Å². The second kappa shape index (κ2) is 9.05. The van der Waals surface area contributed by atoms with Gasteiger partial charge in [0.15, 0.2) is 5.65 Å². The van der Waals surface area contributed by atoms with Crippen LogP contribution in [0.3, 0.4) is 0 Å². The van der Waals surface area contributed by atoms with E-state index in [0.717, 1.165) is 17.7 Å². The first-order valence-corrected chi connectivity index (χ1v) is 11.1. The van der Waals surface area contributed by atoms with Gasteiger partial charge in [-0.1, -0.05) is 44.5 Å². The number of carbonyl (C=O) groups is 1. The average molecular weight is 482 g/mol. The van der Waals surface area contributed by atoms with E-state index in [2.05, 4.69) is 41.5 Å². The van der Waals surface area contributed by atoms with Crippen LogP contribution in [-0.2, 0) is 18.1 Å². The minimum atomic E-state index is -4.42. The minimum absolute atomic E-state index is 0.0255. The number of hydrogen-bond acceptors (Lipinski definition) is 4. The molecule has 0 spiro atoms. The van der Waals surface area contributed by atoms with Crippen LogP contribution < -0.4 is 10.6 Å². The van der Waals surface area contributed by atoms with Crippen LogP contribution in [0.25, 0.3) is 5.65 Å². The number of aromatic nitrogens is 3. The average Bonchev–Trinajstić information content (AvgIpc) is 3.25. The number of alkyl halides is 3. The molecule has 0 unspecified atom stereocenters. The van der Waals surface area contributed by atoms with Gasteiger partial charge in [-0.15, -0.1) is 0 Å². The number of amides is 1. The first-order chi connectivity index (χ1) is 16.4. The maximum Gasteiger partial charge on any atom is 0.416 e. The summed E-state index contributed by atoms with van der Waals surface area (Å²) in [7, 11) is 0. The van der Waals surface area contributed by atoms with Crippen molar-refractivity contribution in [1.82, 2.24) is 14.6 Å². The Hall–Kier alpha value is -3.88. The summed E-state index contributed by atoms with van der Waals surface area (Å²) < 4.78 is 41.1. The molecule has 182 valence electrons. The smallest absolute Gasteiger partial charge is 0.366 e. The molecule has 0 saturated carbocycles. The summed E-state index contributed by atoms with van der Waals surface area (Å²) in [4.78, 5) is 17.2. The van der Waals surface area contributed by atoms with Gasteiger partial charge in [0, 0.05) is 24.2 Å². The molecule has 0 atom stereocenters. The van der Waals surface area contributed by atoms with Crippen LogP contribution in [-0.4, -0.2) is 20.5 Å². The van der Waals surface area contributed by atoms with Crippen molar-refractivity contribution in [3.05, 3.63) is 88.6 Å². The summed E-state index contributed by atoms with van der Waals surface area (Å²) in [6.45, 7) is 8.05. The van der Waals surface area contributed by atoms with Crippen molar-refractivity contribution >= 4 is 23.2 Å². The minimum Gasteiger partial charge on any atom is -0.366 e. The Labute approximate surface area is 201 Å². The van der Waals surface area contributed by atoms with Gasteiger partial charge >= 0.3 is 6.18 Å². The molecule has 0 aliphatic heterocycles. The van der Waals surface area contributed by atoms with E-state index >= 15 is 0 Å². The molecule has 0 aliphatic carbocycles. The Kier molecular flexibility index (Phi) is 6.27. The highest BCUT2D eigenvalue weighted by Crippen LogP contribution is 2.31.